The summed E-state index contributed by atoms with van der Waals surface area (Å²) in [4.78, 5) is 41.8. The number of esters is 1. The molecule has 1 aromatic heterocycles. The van der Waals surface area contributed by atoms with Gasteiger partial charge in [0.25, 0.3) is 0 Å². The average Bonchev–Trinajstić information content (AvgIpc) is 3.17. The van der Waals surface area contributed by atoms with E-state index in [9.17, 15) is 14.4 Å². The number of hydrogen-bond donors (Lipinski definition) is 0. The second kappa shape index (κ2) is 4.73. The van der Waals surface area contributed by atoms with Gasteiger partial charge in [-0.15, -0.1) is 0 Å². The summed E-state index contributed by atoms with van der Waals surface area (Å²) in [5, 5.41) is 0. The Hall–Kier alpha value is -2.54. The SMILES string of the molecule is CC(=O)OC[C@@]12C=C[C@@H](O1)[C@H]1C(=O)N(c3ccncc3)C(=O)[C@@H]12. The van der Waals surface area contributed by atoms with E-state index in [2.05, 4.69) is 4.98 Å². The molecule has 0 aliphatic carbocycles. The van der Waals surface area contributed by atoms with Crippen LogP contribution in [0.5, 0.6) is 0 Å². The van der Waals surface area contributed by atoms with Gasteiger partial charge in [0.2, 0.25) is 11.8 Å². The van der Waals surface area contributed by atoms with Crippen molar-refractivity contribution in [1.29, 1.82) is 0 Å². The van der Waals surface area contributed by atoms with Gasteiger partial charge in [0.05, 0.1) is 23.6 Å². The van der Waals surface area contributed by atoms with Crippen molar-refractivity contribution in [3.8, 4) is 0 Å². The van der Waals surface area contributed by atoms with Gasteiger partial charge in [0.15, 0.2) is 0 Å². The van der Waals surface area contributed by atoms with E-state index < -0.39 is 29.5 Å². The number of rotatable bonds is 3. The molecule has 4 atom stereocenters. The number of pyridine rings is 1. The number of imide groups is 1. The quantitative estimate of drug-likeness (QED) is 0.458. The molecule has 2 fully saturated rings. The van der Waals surface area contributed by atoms with Gasteiger partial charge in [0.1, 0.15) is 12.2 Å². The van der Waals surface area contributed by atoms with Gasteiger partial charge in [-0.3, -0.25) is 19.4 Å². The molecular weight excluding hydrogens is 300 g/mol. The minimum atomic E-state index is -1.05. The summed E-state index contributed by atoms with van der Waals surface area (Å²) in [7, 11) is 0. The fourth-order valence-corrected chi connectivity index (χ4v) is 3.63. The number of aromatic nitrogens is 1. The van der Waals surface area contributed by atoms with Crippen molar-refractivity contribution in [2.45, 2.75) is 18.6 Å². The Morgan fingerprint density at radius 3 is 2.78 bits per heavy atom. The molecule has 4 rings (SSSR count). The number of ether oxygens (including phenoxy) is 2. The van der Waals surface area contributed by atoms with Crippen molar-refractivity contribution in [1.82, 2.24) is 4.98 Å². The van der Waals surface area contributed by atoms with Crippen molar-refractivity contribution in [2.24, 2.45) is 11.8 Å². The number of carbonyl (C=O) groups excluding carboxylic acids is 3. The van der Waals surface area contributed by atoms with E-state index in [0.29, 0.717) is 5.69 Å². The summed E-state index contributed by atoms with van der Waals surface area (Å²) >= 11 is 0. The highest BCUT2D eigenvalue weighted by Crippen LogP contribution is 2.52. The first-order valence-electron chi connectivity index (χ1n) is 7.32. The highest BCUT2D eigenvalue weighted by atomic mass is 16.6. The molecule has 0 saturated carbocycles. The summed E-state index contributed by atoms with van der Waals surface area (Å²) in [5.74, 6) is -2.31. The van der Waals surface area contributed by atoms with Gasteiger partial charge in [-0.2, -0.15) is 0 Å². The van der Waals surface area contributed by atoms with Gasteiger partial charge in [-0.25, -0.2) is 4.90 Å². The monoisotopic (exact) mass is 314 g/mol. The molecule has 23 heavy (non-hydrogen) atoms. The molecule has 2 bridgehead atoms. The lowest BCUT2D eigenvalue weighted by Gasteiger charge is -2.28. The summed E-state index contributed by atoms with van der Waals surface area (Å²) in [5.41, 5.74) is -0.554. The molecule has 0 spiro atoms. The van der Waals surface area contributed by atoms with Crippen molar-refractivity contribution >= 4 is 23.5 Å². The number of anilines is 1. The first kappa shape index (κ1) is 14.1. The van der Waals surface area contributed by atoms with Crippen LogP contribution in [0.3, 0.4) is 0 Å². The molecule has 3 aliphatic rings. The van der Waals surface area contributed by atoms with E-state index in [-0.39, 0.29) is 18.4 Å². The number of amides is 2. The van der Waals surface area contributed by atoms with E-state index in [4.69, 9.17) is 9.47 Å². The lowest BCUT2D eigenvalue weighted by atomic mass is 9.77. The Bertz CT molecular complexity index is 731. The summed E-state index contributed by atoms with van der Waals surface area (Å²) in [6.45, 7) is 1.23. The molecule has 7 heteroatoms. The zero-order chi connectivity index (χ0) is 16.2. The second-order valence-electron chi connectivity index (χ2n) is 5.90. The number of hydrogen-bond acceptors (Lipinski definition) is 6. The number of carbonyl (C=O) groups is 3. The lowest BCUT2D eigenvalue weighted by Crippen LogP contribution is -2.44. The van der Waals surface area contributed by atoms with Crippen molar-refractivity contribution in [2.75, 3.05) is 11.5 Å². The summed E-state index contributed by atoms with van der Waals surface area (Å²) in [6.07, 6.45) is 6.11. The van der Waals surface area contributed by atoms with Crippen LogP contribution in [-0.4, -0.2) is 41.1 Å². The predicted molar refractivity (Wildman–Crippen MR) is 77.1 cm³/mol. The molecule has 4 heterocycles. The molecule has 7 nitrogen and oxygen atoms in total. The maximum absolute atomic E-state index is 12.9. The number of nitrogens with zero attached hydrogens (tertiary/aromatic N) is 2. The second-order valence-corrected chi connectivity index (χ2v) is 5.90. The zero-order valence-electron chi connectivity index (χ0n) is 12.3. The van der Waals surface area contributed by atoms with Gasteiger partial charge in [-0.05, 0) is 18.2 Å². The smallest absolute Gasteiger partial charge is 0.302 e. The van der Waals surface area contributed by atoms with Crippen LogP contribution < -0.4 is 4.90 Å². The minimum absolute atomic E-state index is 0.0697. The highest BCUT2D eigenvalue weighted by Gasteiger charge is 2.68. The molecule has 3 aliphatic heterocycles. The van der Waals surface area contributed by atoms with Crippen LogP contribution >= 0.6 is 0 Å². The Balaban J connectivity index is 1.70. The van der Waals surface area contributed by atoms with Crippen molar-refractivity contribution < 1.29 is 23.9 Å². The van der Waals surface area contributed by atoms with Gasteiger partial charge < -0.3 is 9.47 Å². The van der Waals surface area contributed by atoms with E-state index in [1.54, 1.807) is 24.3 Å². The summed E-state index contributed by atoms with van der Waals surface area (Å²) < 4.78 is 10.9. The van der Waals surface area contributed by atoms with E-state index >= 15 is 0 Å². The van der Waals surface area contributed by atoms with E-state index in [0.717, 1.165) is 0 Å². The highest BCUT2D eigenvalue weighted by molar-refractivity contribution is 6.23. The first-order chi connectivity index (χ1) is 11.0. The molecular formula is C16H14N2O5. The van der Waals surface area contributed by atoms with E-state index in [1.807, 2.05) is 0 Å². The molecule has 0 unspecified atom stereocenters. The van der Waals surface area contributed by atoms with Crippen molar-refractivity contribution in [3.63, 3.8) is 0 Å². The molecule has 2 amide bonds. The van der Waals surface area contributed by atoms with Crippen LogP contribution in [0.25, 0.3) is 0 Å². The molecule has 2 saturated heterocycles. The van der Waals surface area contributed by atoms with Gasteiger partial charge in [-0.1, -0.05) is 6.08 Å². The molecule has 0 radical (unpaired) electrons. The fraction of sp³-hybridized carbons (Fsp3) is 0.375. The van der Waals surface area contributed by atoms with Crippen LogP contribution in [0.2, 0.25) is 0 Å². The Morgan fingerprint density at radius 2 is 2.09 bits per heavy atom. The normalized spacial score (nSPS) is 34.1. The van der Waals surface area contributed by atoms with Gasteiger partial charge >= 0.3 is 5.97 Å². The van der Waals surface area contributed by atoms with E-state index in [1.165, 1.54) is 24.2 Å². The van der Waals surface area contributed by atoms with Crippen LogP contribution in [0.1, 0.15) is 6.92 Å². The van der Waals surface area contributed by atoms with Crippen LogP contribution in [-0.2, 0) is 23.9 Å². The van der Waals surface area contributed by atoms with Gasteiger partial charge in [0, 0.05) is 19.3 Å². The maximum Gasteiger partial charge on any atom is 0.302 e. The third kappa shape index (κ3) is 1.86. The zero-order valence-corrected chi connectivity index (χ0v) is 12.3. The fourth-order valence-electron chi connectivity index (χ4n) is 3.63. The third-order valence-electron chi connectivity index (χ3n) is 4.58. The Labute approximate surface area is 131 Å². The Morgan fingerprint density at radius 1 is 1.35 bits per heavy atom. The minimum Gasteiger partial charge on any atom is -0.462 e. The third-order valence-corrected chi connectivity index (χ3v) is 4.58. The molecule has 1 aromatic rings. The largest absolute Gasteiger partial charge is 0.462 e. The number of fused-ring (bicyclic) bond motifs is 5. The molecule has 0 N–H and O–H groups in total. The molecule has 0 aromatic carbocycles. The summed E-state index contributed by atoms with van der Waals surface area (Å²) in [6, 6.07) is 3.23. The standard InChI is InChI=1S/C16H14N2O5/c1-9(19)22-8-16-5-2-11(23-16)12-13(16)15(21)18(14(12)20)10-3-6-17-7-4-10/h2-7,11-13H,8H2,1H3/t11-,12-,13-,16-/m1/s1. The van der Waals surface area contributed by atoms with Crippen molar-refractivity contribution in [3.05, 3.63) is 36.7 Å². The van der Waals surface area contributed by atoms with Crippen LogP contribution in [0.15, 0.2) is 36.7 Å². The molecule has 118 valence electrons. The first-order valence-corrected chi connectivity index (χ1v) is 7.32. The topological polar surface area (TPSA) is 85.8 Å². The van der Waals surface area contributed by atoms with Crippen LogP contribution in [0, 0.1) is 11.8 Å². The Kier molecular flexibility index (Phi) is 2.89. The average molecular weight is 314 g/mol. The van der Waals surface area contributed by atoms with Crippen LogP contribution in [0.4, 0.5) is 5.69 Å². The predicted octanol–water partition coefficient (Wildman–Crippen LogP) is 0.458. The lowest BCUT2D eigenvalue weighted by molar-refractivity contribution is -0.150. The maximum atomic E-state index is 12.9.